The third-order valence-corrected chi connectivity index (χ3v) is 6.51. The highest BCUT2D eigenvalue weighted by molar-refractivity contribution is 5.82. The minimum atomic E-state index is -0.315. The normalized spacial score (nSPS) is 28.1. The first-order chi connectivity index (χ1) is 13.1. The maximum atomic E-state index is 13.4. The largest absolute Gasteiger partial charge is 0.378 e. The van der Waals surface area contributed by atoms with Crippen molar-refractivity contribution < 1.29 is 18.7 Å². The van der Waals surface area contributed by atoms with Crippen LogP contribution in [-0.4, -0.2) is 61.0 Å². The number of hydrogen-bond donors (Lipinski definition) is 0. The van der Waals surface area contributed by atoms with Crippen molar-refractivity contribution in [2.45, 2.75) is 32.1 Å². The van der Waals surface area contributed by atoms with E-state index in [1.807, 2.05) is 9.80 Å². The van der Waals surface area contributed by atoms with E-state index in [4.69, 9.17) is 4.74 Å². The molecule has 1 aromatic rings. The van der Waals surface area contributed by atoms with Crippen molar-refractivity contribution in [3.05, 3.63) is 35.6 Å². The third-order valence-electron chi connectivity index (χ3n) is 6.51. The number of amides is 2. The van der Waals surface area contributed by atoms with Gasteiger partial charge in [0.1, 0.15) is 5.82 Å². The number of likely N-dealkylation sites (tertiary alicyclic amines) is 1. The molecule has 2 atom stereocenters. The fraction of sp³-hybridized carbons (Fsp3) is 0.619. The number of benzene rings is 1. The van der Waals surface area contributed by atoms with Gasteiger partial charge in [-0.15, -0.1) is 0 Å². The molecule has 2 saturated heterocycles. The maximum absolute atomic E-state index is 13.4. The van der Waals surface area contributed by atoms with E-state index in [0.717, 1.165) is 25.7 Å². The minimum absolute atomic E-state index is 0.0163. The number of halogens is 1. The second-order valence-corrected chi connectivity index (χ2v) is 8.12. The number of carbonyl (C=O) groups excluding carboxylic acids is 2. The zero-order chi connectivity index (χ0) is 18.9. The molecule has 0 N–H and O–H groups in total. The van der Waals surface area contributed by atoms with Crippen LogP contribution >= 0.6 is 0 Å². The Morgan fingerprint density at radius 2 is 1.96 bits per heavy atom. The summed E-state index contributed by atoms with van der Waals surface area (Å²) in [5.74, 6) is -0.0232. The number of ether oxygens (including phenoxy) is 1. The summed E-state index contributed by atoms with van der Waals surface area (Å²) in [5.41, 5.74) is 0.626. The smallest absolute Gasteiger partial charge is 0.227 e. The number of morpholine rings is 1. The van der Waals surface area contributed by atoms with Crippen molar-refractivity contribution in [3.8, 4) is 0 Å². The van der Waals surface area contributed by atoms with Crippen molar-refractivity contribution in [3.63, 3.8) is 0 Å². The van der Waals surface area contributed by atoms with Crippen molar-refractivity contribution >= 4 is 11.8 Å². The van der Waals surface area contributed by atoms with Gasteiger partial charge in [0.2, 0.25) is 11.8 Å². The van der Waals surface area contributed by atoms with Gasteiger partial charge in [0.05, 0.1) is 19.6 Å². The molecule has 1 aliphatic carbocycles. The Labute approximate surface area is 159 Å². The van der Waals surface area contributed by atoms with E-state index in [0.29, 0.717) is 45.0 Å². The Kier molecular flexibility index (Phi) is 5.17. The van der Waals surface area contributed by atoms with Crippen LogP contribution in [0, 0.1) is 17.2 Å². The molecular formula is C21H27FN2O3. The first-order valence-corrected chi connectivity index (χ1v) is 9.96. The quantitative estimate of drug-likeness (QED) is 0.815. The summed E-state index contributed by atoms with van der Waals surface area (Å²) in [5, 5.41) is 0. The molecule has 146 valence electrons. The molecule has 27 heavy (non-hydrogen) atoms. The monoisotopic (exact) mass is 374 g/mol. The highest BCUT2D eigenvalue weighted by Crippen LogP contribution is 2.50. The maximum Gasteiger partial charge on any atom is 0.227 e. The molecule has 1 saturated carbocycles. The van der Waals surface area contributed by atoms with Crippen LogP contribution in [0.4, 0.5) is 4.39 Å². The molecule has 2 heterocycles. The van der Waals surface area contributed by atoms with Crippen LogP contribution in [0.25, 0.3) is 0 Å². The fourth-order valence-corrected chi connectivity index (χ4v) is 5.06. The van der Waals surface area contributed by atoms with E-state index < -0.39 is 0 Å². The van der Waals surface area contributed by atoms with Crippen LogP contribution < -0.4 is 0 Å². The zero-order valence-electron chi connectivity index (χ0n) is 15.7. The van der Waals surface area contributed by atoms with E-state index in [-0.39, 0.29) is 35.4 Å². The van der Waals surface area contributed by atoms with Gasteiger partial charge in [0.25, 0.3) is 0 Å². The van der Waals surface area contributed by atoms with Crippen LogP contribution in [0.3, 0.4) is 0 Å². The van der Waals surface area contributed by atoms with Gasteiger partial charge in [-0.05, 0) is 37.0 Å². The van der Waals surface area contributed by atoms with Crippen LogP contribution in [0.2, 0.25) is 0 Å². The summed E-state index contributed by atoms with van der Waals surface area (Å²) < 4.78 is 18.7. The highest BCUT2D eigenvalue weighted by atomic mass is 19.1. The molecule has 5 nitrogen and oxygen atoms in total. The lowest BCUT2D eigenvalue weighted by Gasteiger charge is -2.36. The summed E-state index contributed by atoms with van der Waals surface area (Å²) in [6.45, 7) is 3.93. The van der Waals surface area contributed by atoms with E-state index >= 15 is 0 Å². The summed E-state index contributed by atoms with van der Waals surface area (Å²) in [6, 6.07) is 6.23. The molecule has 2 aliphatic heterocycles. The van der Waals surface area contributed by atoms with E-state index in [2.05, 4.69) is 0 Å². The average Bonchev–Trinajstić information content (AvgIpc) is 3.29. The second kappa shape index (κ2) is 7.58. The van der Waals surface area contributed by atoms with E-state index in [1.165, 1.54) is 12.1 Å². The van der Waals surface area contributed by atoms with Gasteiger partial charge in [-0.2, -0.15) is 0 Å². The molecule has 1 spiro atoms. The molecule has 3 fully saturated rings. The van der Waals surface area contributed by atoms with E-state index in [9.17, 15) is 14.0 Å². The van der Waals surface area contributed by atoms with Gasteiger partial charge in [0, 0.05) is 37.5 Å². The molecule has 0 bridgehead atoms. The minimum Gasteiger partial charge on any atom is -0.378 e. The average molecular weight is 374 g/mol. The standard InChI is InChI=1S/C21H27FN2O3/c22-17-4-1-3-16(13-17)14-19(25)24-8-7-21(15-24)6-2-5-18(21)20(26)23-9-11-27-12-10-23/h1,3-4,13,18H,2,5-12,14-15H2/t18-,21+/m1/s1. The second-order valence-electron chi connectivity index (χ2n) is 8.12. The number of rotatable bonds is 3. The van der Waals surface area contributed by atoms with Gasteiger partial charge < -0.3 is 14.5 Å². The van der Waals surface area contributed by atoms with Crippen molar-refractivity contribution in [1.29, 1.82) is 0 Å². The molecular weight excluding hydrogens is 347 g/mol. The number of hydrogen-bond acceptors (Lipinski definition) is 3. The lowest BCUT2D eigenvalue weighted by atomic mass is 9.76. The van der Waals surface area contributed by atoms with Gasteiger partial charge in [-0.1, -0.05) is 18.6 Å². The zero-order valence-corrected chi connectivity index (χ0v) is 15.7. The van der Waals surface area contributed by atoms with Crippen molar-refractivity contribution in [2.24, 2.45) is 11.3 Å². The predicted octanol–water partition coefficient (Wildman–Crippen LogP) is 2.25. The van der Waals surface area contributed by atoms with E-state index in [1.54, 1.807) is 12.1 Å². The summed E-state index contributed by atoms with van der Waals surface area (Å²) in [7, 11) is 0. The number of nitrogens with zero attached hydrogens (tertiary/aromatic N) is 2. The summed E-state index contributed by atoms with van der Waals surface area (Å²) in [4.78, 5) is 29.7. The Balaban J connectivity index is 1.42. The first-order valence-electron chi connectivity index (χ1n) is 9.96. The van der Waals surface area contributed by atoms with Crippen molar-refractivity contribution in [1.82, 2.24) is 9.80 Å². The van der Waals surface area contributed by atoms with Gasteiger partial charge >= 0.3 is 0 Å². The molecule has 4 rings (SSSR count). The predicted molar refractivity (Wildman–Crippen MR) is 98.5 cm³/mol. The molecule has 0 unspecified atom stereocenters. The highest BCUT2D eigenvalue weighted by Gasteiger charge is 2.52. The Hall–Kier alpha value is -1.95. The third kappa shape index (κ3) is 3.72. The van der Waals surface area contributed by atoms with Gasteiger partial charge in [-0.3, -0.25) is 9.59 Å². The molecule has 6 heteroatoms. The lowest BCUT2D eigenvalue weighted by molar-refractivity contribution is -0.143. The molecule has 0 radical (unpaired) electrons. The summed E-state index contributed by atoms with van der Waals surface area (Å²) >= 11 is 0. The van der Waals surface area contributed by atoms with Crippen LogP contribution in [0.1, 0.15) is 31.2 Å². The molecule has 2 amide bonds. The van der Waals surface area contributed by atoms with Crippen LogP contribution in [-0.2, 0) is 20.7 Å². The van der Waals surface area contributed by atoms with Gasteiger partial charge in [-0.25, -0.2) is 4.39 Å². The fourth-order valence-electron chi connectivity index (χ4n) is 5.06. The molecule has 0 aromatic heterocycles. The summed E-state index contributed by atoms with van der Waals surface area (Å²) in [6.07, 6.45) is 4.09. The topological polar surface area (TPSA) is 49.9 Å². The van der Waals surface area contributed by atoms with Gasteiger partial charge in [0.15, 0.2) is 0 Å². The molecule has 3 aliphatic rings. The lowest BCUT2D eigenvalue weighted by Crippen LogP contribution is -2.47. The van der Waals surface area contributed by atoms with Crippen molar-refractivity contribution in [2.75, 3.05) is 39.4 Å². The first kappa shape index (κ1) is 18.4. The SMILES string of the molecule is O=C(Cc1cccc(F)c1)N1CC[C@@]2(CCC[C@@H]2C(=O)N2CCOCC2)C1. The Morgan fingerprint density at radius 3 is 2.74 bits per heavy atom. The Bertz CT molecular complexity index is 719. The van der Waals surface area contributed by atoms with Crippen LogP contribution in [0.5, 0.6) is 0 Å². The molecule has 1 aromatic carbocycles. The number of carbonyl (C=O) groups is 2. The Morgan fingerprint density at radius 1 is 1.15 bits per heavy atom. The van der Waals surface area contributed by atoms with Crippen LogP contribution in [0.15, 0.2) is 24.3 Å².